The monoisotopic (exact) mass is 222 g/mol. The Morgan fingerprint density at radius 3 is 3.00 bits per heavy atom. The molecular formula is C12H22N4. The van der Waals surface area contributed by atoms with Crippen molar-refractivity contribution < 1.29 is 0 Å². The molecular weight excluding hydrogens is 200 g/mol. The van der Waals surface area contributed by atoms with E-state index in [0.717, 1.165) is 6.54 Å². The number of nitrogens with zero attached hydrogens (tertiary/aromatic N) is 3. The first-order valence-corrected chi connectivity index (χ1v) is 6.16. The maximum atomic E-state index is 5.73. The zero-order valence-corrected chi connectivity index (χ0v) is 10.3. The number of hydrogen-bond donors (Lipinski definition) is 1. The van der Waals surface area contributed by atoms with E-state index in [2.05, 4.69) is 16.9 Å². The van der Waals surface area contributed by atoms with Gasteiger partial charge in [0.25, 0.3) is 0 Å². The summed E-state index contributed by atoms with van der Waals surface area (Å²) in [6, 6.07) is 0.689. The molecule has 0 radical (unpaired) electrons. The minimum absolute atomic E-state index is 0.589. The summed E-state index contributed by atoms with van der Waals surface area (Å²) in [6.45, 7) is 5.10. The highest BCUT2D eigenvalue weighted by Gasteiger charge is 2.20. The summed E-state index contributed by atoms with van der Waals surface area (Å²) in [5.41, 5.74) is 8.19. The van der Waals surface area contributed by atoms with Crippen molar-refractivity contribution in [2.45, 2.75) is 45.3 Å². The predicted octanol–water partition coefficient (Wildman–Crippen LogP) is 1.25. The van der Waals surface area contributed by atoms with Crippen LogP contribution < -0.4 is 5.73 Å². The molecule has 2 N–H and O–H groups in total. The van der Waals surface area contributed by atoms with Crippen LogP contribution in [0.4, 0.5) is 0 Å². The van der Waals surface area contributed by atoms with Crippen molar-refractivity contribution >= 4 is 0 Å². The van der Waals surface area contributed by atoms with Crippen LogP contribution in [0.5, 0.6) is 0 Å². The van der Waals surface area contributed by atoms with Crippen LogP contribution in [-0.2, 0) is 20.1 Å². The minimum atomic E-state index is 0.589. The summed E-state index contributed by atoms with van der Waals surface area (Å²) in [5.74, 6) is 0. The van der Waals surface area contributed by atoms with Gasteiger partial charge in [-0.15, -0.1) is 0 Å². The Morgan fingerprint density at radius 2 is 2.31 bits per heavy atom. The molecule has 0 spiro atoms. The Hall–Kier alpha value is -0.870. The second kappa shape index (κ2) is 4.97. The minimum Gasteiger partial charge on any atom is -0.326 e. The van der Waals surface area contributed by atoms with E-state index in [4.69, 9.17) is 5.73 Å². The lowest BCUT2D eigenvalue weighted by atomic mass is 10.0. The molecule has 1 aliphatic heterocycles. The molecule has 0 unspecified atom stereocenters. The van der Waals surface area contributed by atoms with Crippen molar-refractivity contribution in [3.05, 3.63) is 17.5 Å². The fraction of sp³-hybridized carbons (Fsp3) is 0.750. The van der Waals surface area contributed by atoms with E-state index in [-0.39, 0.29) is 0 Å². The van der Waals surface area contributed by atoms with Crippen LogP contribution in [0, 0.1) is 0 Å². The molecule has 1 saturated heterocycles. The third-order valence-corrected chi connectivity index (χ3v) is 3.66. The summed E-state index contributed by atoms with van der Waals surface area (Å²) >= 11 is 0. The van der Waals surface area contributed by atoms with E-state index < -0.39 is 0 Å². The quantitative estimate of drug-likeness (QED) is 0.837. The van der Waals surface area contributed by atoms with Crippen molar-refractivity contribution in [1.29, 1.82) is 0 Å². The first kappa shape index (κ1) is 11.6. The van der Waals surface area contributed by atoms with Gasteiger partial charge in [0.05, 0.1) is 11.9 Å². The summed E-state index contributed by atoms with van der Waals surface area (Å²) in [7, 11) is 2.00. The Bertz CT molecular complexity index is 345. The van der Waals surface area contributed by atoms with Crippen molar-refractivity contribution in [1.82, 2.24) is 14.7 Å². The van der Waals surface area contributed by atoms with Gasteiger partial charge in [-0.1, -0.05) is 6.42 Å². The molecule has 0 amide bonds. The summed E-state index contributed by atoms with van der Waals surface area (Å²) in [5, 5.41) is 4.29. The lowest BCUT2D eigenvalue weighted by molar-refractivity contribution is 0.148. The summed E-state index contributed by atoms with van der Waals surface area (Å²) in [6.07, 6.45) is 5.90. The van der Waals surface area contributed by atoms with Crippen molar-refractivity contribution in [3.8, 4) is 0 Å². The van der Waals surface area contributed by atoms with E-state index in [0.29, 0.717) is 12.6 Å². The lowest BCUT2D eigenvalue weighted by Crippen LogP contribution is -2.37. The maximum absolute atomic E-state index is 5.73. The number of piperidine rings is 1. The molecule has 4 nitrogen and oxygen atoms in total. The Morgan fingerprint density at radius 1 is 1.50 bits per heavy atom. The first-order chi connectivity index (χ1) is 7.72. The smallest absolute Gasteiger partial charge is 0.0566 e. The van der Waals surface area contributed by atoms with Gasteiger partial charge in [-0.3, -0.25) is 9.58 Å². The molecule has 1 aromatic heterocycles. The molecule has 4 heteroatoms. The average molecular weight is 222 g/mol. The Kier molecular flexibility index (Phi) is 3.61. The highest BCUT2D eigenvalue weighted by atomic mass is 15.3. The third-order valence-electron chi connectivity index (χ3n) is 3.66. The zero-order chi connectivity index (χ0) is 11.5. The van der Waals surface area contributed by atoms with Crippen LogP contribution in [0.15, 0.2) is 6.20 Å². The Balaban J connectivity index is 2.09. The van der Waals surface area contributed by atoms with Crippen LogP contribution in [-0.4, -0.2) is 27.3 Å². The van der Waals surface area contributed by atoms with Crippen LogP contribution in [0.2, 0.25) is 0 Å². The zero-order valence-electron chi connectivity index (χ0n) is 10.3. The summed E-state index contributed by atoms with van der Waals surface area (Å²) < 4.78 is 1.96. The van der Waals surface area contributed by atoms with E-state index >= 15 is 0 Å². The largest absolute Gasteiger partial charge is 0.326 e. The number of hydrogen-bond acceptors (Lipinski definition) is 3. The van der Waals surface area contributed by atoms with Gasteiger partial charge in [0, 0.05) is 31.7 Å². The van der Waals surface area contributed by atoms with Gasteiger partial charge in [-0.2, -0.15) is 5.10 Å². The van der Waals surface area contributed by atoms with Crippen LogP contribution in [0.1, 0.15) is 37.4 Å². The fourth-order valence-electron chi connectivity index (χ4n) is 2.47. The second-order valence-corrected chi connectivity index (χ2v) is 4.76. The van der Waals surface area contributed by atoms with Crippen LogP contribution in [0.25, 0.3) is 0 Å². The molecule has 16 heavy (non-hydrogen) atoms. The van der Waals surface area contributed by atoms with Gasteiger partial charge >= 0.3 is 0 Å². The van der Waals surface area contributed by atoms with E-state index in [9.17, 15) is 0 Å². The molecule has 90 valence electrons. The van der Waals surface area contributed by atoms with Gasteiger partial charge in [-0.05, 0) is 26.3 Å². The molecule has 0 aromatic carbocycles. The van der Waals surface area contributed by atoms with E-state index in [1.54, 1.807) is 0 Å². The van der Waals surface area contributed by atoms with Gasteiger partial charge in [0.1, 0.15) is 0 Å². The normalized spacial score (nSPS) is 22.6. The van der Waals surface area contributed by atoms with Gasteiger partial charge in [0.2, 0.25) is 0 Å². The van der Waals surface area contributed by atoms with Crippen molar-refractivity contribution in [2.75, 3.05) is 6.54 Å². The average Bonchev–Trinajstić information content (AvgIpc) is 2.63. The number of aromatic nitrogens is 2. The van der Waals surface area contributed by atoms with Crippen molar-refractivity contribution in [3.63, 3.8) is 0 Å². The number of nitrogens with two attached hydrogens (primary N) is 1. The molecule has 1 atom stereocenters. The molecule has 0 saturated carbocycles. The van der Waals surface area contributed by atoms with Crippen LogP contribution in [0.3, 0.4) is 0 Å². The van der Waals surface area contributed by atoms with Gasteiger partial charge in [-0.25, -0.2) is 0 Å². The highest BCUT2D eigenvalue weighted by Crippen LogP contribution is 2.20. The Labute approximate surface area is 97.4 Å². The fourth-order valence-corrected chi connectivity index (χ4v) is 2.47. The summed E-state index contributed by atoms with van der Waals surface area (Å²) in [4.78, 5) is 2.54. The second-order valence-electron chi connectivity index (χ2n) is 4.76. The van der Waals surface area contributed by atoms with Gasteiger partial charge < -0.3 is 5.73 Å². The molecule has 0 bridgehead atoms. The lowest BCUT2D eigenvalue weighted by Gasteiger charge is -2.33. The van der Waals surface area contributed by atoms with Gasteiger partial charge in [0.15, 0.2) is 0 Å². The van der Waals surface area contributed by atoms with Crippen molar-refractivity contribution in [2.24, 2.45) is 12.8 Å². The SMILES string of the molecule is C[C@@H]1CCCCN1Cc1c(CN)cnn1C. The third kappa shape index (κ3) is 2.28. The van der Waals surface area contributed by atoms with Crippen LogP contribution >= 0.6 is 0 Å². The molecule has 1 fully saturated rings. The number of rotatable bonds is 3. The maximum Gasteiger partial charge on any atom is 0.0566 e. The molecule has 0 aliphatic carbocycles. The molecule has 1 aliphatic rings. The topological polar surface area (TPSA) is 47.1 Å². The van der Waals surface area contributed by atoms with E-state index in [1.165, 1.54) is 37.1 Å². The standard InChI is InChI=1S/C12H22N4/c1-10-5-3-4-6-16(10)9-12-11(7-13)8-14-15(12)2/h8,10H,3-7,9,13H2,1-2H3/t10-/m1/s1. The number of likely N-dealkylation sites (tertiary alicyclic amines) is 1. The predicted molar refractivity (Wildman–Crippen MR) is 64.8 cm³/mol. The van der Waals surface area contributed by atoms with E-state index in [1.807, 2.05) is 17.9 Å². The first-order valence-electron chi connectivity index (χ1n) is 6.16. The molecule has 2 rings (SSSR count). The molecule has 1 aromatic rings. The highest BCUT2D eigenvalue weighted by molar-refractivity contribution is 5.17. The molecule has 2 heterocycles. The number of aryl methyl sites for hydroxylation is 1.